The van der Waals surface area contributed by atoms with Gasteiger partial charge in [0.15, 0.2) is 0 Å². The standard InChI is InChI=1S/C12H14ClFN2O3/c13-9-5-7(1-3-10(9)14)18-6-8-2-4-11(19-8)12(17)16-15/h1,3,5,8,11H,2,4,6,15H2,(H,16,17). The summed E-state index contributed by atoms with van der Waals surface area (Å²) < 4.78 is 23.9. The maximum absolute atomic E-state index is 13.0. The summed E-state index contributed by atoms with van der Waals surface area (Å²) in [5.74, 6) is 4.66. The van der Waals surface area contributed by atoms with Crippen LogP contribution in [0.3, 0.4) is 0 Å². The number of benzene rings is 1. The van der Waals surface area contributed by atoms with Crippen molar-refractivity contribution in [2.45, 2.75) is 25.0 Å². The zero-order valence-corrected chi connectivity index (χ0v) is 10.8. The van der Waals surface area contributed by atoms with Crippen LogP contribution in [0.15, 0.2) is 18.2 Å². The van der Waals surface area contributed by atoms with Gasteiger partial charge in [0.25, 0.3) is 5.91 Å². The number of hydrazine groups is 1. The molecule has 3 N–H and O–H groups in total. The van der Waals surface area contributed by atoms with E-state index < -0.39 is 11.9 Å². The summed E-state index contributed by atoms with van der Waals surface area (Å²) in [4.78, 5) is 11.3. The molecule has 1 aliphatic rings. The second kappa shape index (κ2) is 6.18. The summed E-state index contributed by atoms with van der Waals surface area (Å²) >= 11 is 5.64. The maximum atomic E-state index is 13.0. The Bertz CT molecular complexity index is 472. The van der Waals surface area contributed by atoms with E-state index in [1.165, 1.54) is 18.2 Å². The number of hydrogen-bond donors (Lipinski definition) is 2. The molecule has 1 aromatic rings. The van der Waals surface area contributed by atoms with E-state index in [-0.39, 0.29) is 23.6 Å². The summed E-state index contributed by atoms with van der Waals surface area (Å²) in [6.45, 7) is 0.274. The number of nitrogens with two attached hydrogens (primary N) is 1. The Morgan fingerprint density at radius 2 is 2.37 bits per heavy atom. The number of nitrogens with one attached hydrogen (secondary N) is 1. The zero-order chi connectivity index (χ0) is 13.8. The van der Waals surface area contributed by atoms with Gasteiger partial charge in [-0.1, -0.05) is 11.6 Å². The molecule has 1 aliphatic heterocycles. The van der Waals surface area contributed by atoms with Crippen molar-refractivity contribution in [2.75, 3.05) is 6.61 Å². The van der Waals surface area contributed by atoms with Gasteiger partial charge in [-0.15, -0.1) is 0 Å². The number of carbonyl (C=O) groups is 1. The molecule has 0 spiro atoms. The number of halogens is 2. The third-order valence-electron chi connectivity index (χ3n) is 2.87. The third-order valence-corrected chi connectivity index (χ3v) is 3.16. The SMILES string of the molecule is NNC(=O)C1CCC(COc2ccc(F)c(Cl)c2)O1. The lowest BCUT2D eigenvalue weighted by Gasteiger charge is -2.14. The molecule has 7 heteroatoms. The minimum absolute atomic E-state index is 0.00484. The molecule has 2 atom stereocenters. The fourth-order valence-corrected chi connectivity index (χ4v) is 2.04. The molecule has 2 unspecified atom stereocenters. The molecule has 0 aromatic heterocycles. The Balaban J connectivity index is 1.83. The average Bonchev–Trinajstić information content (AvgIpc) is 2.88. The van der Waals surface area contributed by atoms with Gasteiger partial charge in [0, 0.05) is 6.07 Å². The molecule has 1 heterocycles. The minimum atomic E-state index is -0.532. The van der Waals surface area contributed by atoms with Crippen LogP contribution in [-0.4, -0.2) is 24.7 Å². The van der Waals surface area contributed by atoms with Crippen molar-refractivity contribution < 1.29 is 18.7 Å². The van der Waals surface area contributed by atoms with Crippen molar-refractivity contribution in [3.05, 3.63) is 29.0 Å². The first-order valence-corrected chi connectivity index (χ1v) is 6.21. The van der Waals surface area contributed by atoms with Gasteiger partial charge in [0.05, 0.1) is 11.1 Å². The summed E-state index contributed by atoms with van der Waals surface area (Å²) in [7, 11) is 0. The van der Waals surface area contributed by atoms with Gasteiger partial charge >= 0.3 is 0 Å². The zero-order valence-electron chi connectivity index (χ0n) is 10.1. The molecule has 2 rings (SSSR count). The molecule has 19 heavy (non-hydrogen) atoms. The van der Waals surface area contributed by atoms with Crippen LogP contribution >= 0.6 is 11.6 Å². The first kappa shape index (κ1) is 14.0. The molecule has 0 radical (unpaired) electrons. The topological polar surface area (TPSA) is 73.6 Å². The average molecular weight is 289 g/mol. The number of ether oxygens (including phenoxy) is 2. The van der Waals surface area contributed by atoms with Crippen LogP contribution in [0.25, 0.3) is 0 Å². The van der Waals surface area contributed by atoms with Crippen molar-refractivity contribution in [3.63, 3.8) is 0 Å². The Labute approximate surface area is 114 Å². The summed E-state index contributed by atoms with van der Waals surface area (Å²) in [5, 5.41) is 0.00484. The van der Waals surface area contributed by atoms with E-state index in [2.05, 4.69) is 5.43 Å². The summed E-state index contributed by atoms with van der Waals surface area (Å²) in [6, 6.07) is 4.12. The van der Waals surface area contributed by atoms with E-state index in [0.29, 0.717) is 18.6 Å². The van der Waals surface area contributed by atoms with Gasteiger partial charge in [-0.3, -0.25) is 10.2 Å². The lowest BCUT2D eigenvalue weighted by Crippen LogP contribution is -2.39. The molecule has 1 aromatic carbocycles. The molecular weight excluding hydrogens is 275 g/mol. The molecule has 0 saturated carbocycles. The second-order valence-electron chi connectivity index (χ2n) is 4.22. The first-order chi connectivity index (χ1) is 9.10. The first-order valence-electron chi connectivity index (χ1n) is 5.84. The number of amides is 1. The minimum Gasteiger partial charge on any atom is -0.491 e. The Hall–Kier alpha value is -1.37. The van der Waals surface area contributed by atoms with Crippen molar-refractivity contribution in [1.29, 1.82) is 0 Å². The van der Waals surface area contributed by atoms with Crippen molar-refractivity contribution in [3.8, 4) is 5.75 Å². The highest BCUT2D eigenvalue weighted by Crippen LogP contribution is 2.24. The van der Waals surface area contributed by atoms with Crippen LogP contribution in [-0.2, 0) is 9.53 Å². The van der Waals surface area contributed by atoms with E-state index in [0.717, 1.165) is 0 Å². The van der Waals surface area contributed by atoms with E-state index >= 15 is 0 Å². The van der Waals surface area contributed by atoms with Gasteiger partial charge in [-0.05, 0) is 25.0 Å². The molecule has 104 valence electrons. The highest BCUT2D eigenvalue weighted by Gasteiger charge is 2.30. The van der Waals surface area contributed by atoms with Crippen LogP contribution in [0.5, 0.6) is 5.75 Å². The van der Waals surface area contributed by atoms with Crippen molar-refractivity contribution in [2.24, 2.45) is 5.84 Å². The van der Waals surface area contributed by atoms with Crippen LogP contribution < -0.4 is 16.0 Å². The van der Waals surface area contributed by atoms with Crippen LogP contribution in [0.4, 0.5) is 4.39 Å². The normalized spacial score (nSPS) is 22.3. The second-order valence-corrected chi connectivity index (χ2v) is 4.63. The monoisotopic (exact) mass is 288 g/mol. The molecular formula is C12H14ClFN2O3. The number of rotatable bonds is 4. The molecule has 5 nitrogen and oxygen atoms in total. The largest absolute Gasteiger partial charge is 0.491 e. The highest BCUT2D eigenvalue weighted by molar-refractivity contribution is 6.30. The Kier molecular flexibility index (Phi) is 4.57. The van der Waals surface area contributed by atoms with E-state index in [9.17, 15) is 9.18 Å². The van der Waals surface area contributed by atoms with E-state index in [1.54, 1.807) is 0 Å². The number of carbonyl (C=O) groups excluding carboxylic acids is 1. The smallest absolute Gasteiger partial charge is 0.263 e. The summed E-state index contributed by atoms with van der Waals surface area (Å²) in [6.07, 6.45) is 0.579. The van der Waals surface area contributed by atoms with Crippen LogP contribution in [0, 0.1) is 5.82 Å². The maximum Gasteiger partial charge on any atom is 0.263 e. The lowest BCUT2D eigenvalue weighted by molar-refractivity contribution is -0.132. The molecule has 1 amide bonds. The van der Waals surface area contributed by atoms with Crippen molar-refractivity contribution >= 4 is 17.5 Å². The Morgan fingerprint density at radius 3 is 3.05 bits per heavy atom. The quantitative estimate of drug-likeness (QED) is 0.499. The molecule has 0 aliphatic carbocycles. The van der Waals surface area contributed by atoms with Crippen molar-refractivity contribution in [1.82, 2.24) is 5.43 Å². The van der Waals surface area contributed by atoms with Gasteiger partial charge in [-0.25, -0.2) is 10.2 Å². The van der Waals surface area contributed by atoms with Gasteiger partial charge in [0.1, 0.15) is 24.3 Å². The fourth-order valence-electron chi connectivity index (χ4n) is 1.87. The highest BCUT2D eigenvalue weighted by atomic mass is 35.5. The third kappa shape index (κ3) is 3.56. The van der Waals surface area contributed by atoms with Crippen LogP contribution in [0.2, 0.25) is 5.02 Å². The van der Waals surface area contributed by atoms with E-state index in [1.807, 2.05) is 0 Å². The summed E-state index contributed by atoms with van der Waals surface area (Å²) in [5.41, 5.74) is 2.05. The molecule has 1 fully saturated rings. The predicted octanol–water partition coefficient (Wildman–Crippen LogP) is 1.40. The number of hydrogen-bond acceptors (Lipinski definition) is 4. The predicted molar refractivity (Wildman–Crippen MR) is 67.1 cm³/mol. The molecule has 1 saturated heterocycles. The van der Waals surface area contributed by atoms with Crippen LogP contribution in [0.1, 0.15) is 12.8 Å². The van der Waals surface area contributed by atoms with E-state index in [4.69, 9.17) is 26.9 Å². The fraction of sp³-hybridized carbons (Fsp3) is 0.417. The lowest BCUT2D eigenvalue weighted by atomic mass is 10.2. The molecule has 0 bridgehead atoms. The van der Waals surface area contributed by atoms with Gasteiger partial charge in [-0.2, -0.15) is 0 Å². The van der Waals surface area contributed by atoms with Gasteiger partial charge < -0.3 is 9.47 Å². The Morgan fingerprint density at radius 1 is 1.58 bits per heavy atom. The van der Waals surface area contributed by atoms with Gasteiger partial charge in [0.2, 0.25) is 0 Å².